The van der Waals surface area contributed by atoms with Crippen LogP contribution in [0.4, 0.5) is 11.4 Å². The molecule has 0 amide bonds. The van der Waals surface area contributed by atoms with E-state index in [1.54, 1.807) is 0 Å². The maximum Gasteiger partial charge on any atom is 0.0605 e. The molecule has 1 aromatic carbocycles. The van der Waals surface area contributed by atoms with Crippen molar-refractivity contribution >= 4 is 11.4 Å². The number of para-hydroxylation sites is 1. The van der Waals surface area contributed by atoms with Gasteiger partial charge in [0.2, 0.25) is 0 Å². The van der Waals surface area contributed by atoms with Gasteiger partial charge in [0.05, 0.1) is 11.4 Å². The minimum atomic E-state index is 0.614. The normalized spacial score (nSPS) is 25.5. The fraction of sp³-hybridized carbons (Fsp3) is 0.538. The molecule has 2 nitrogen and oxygen atoms in total. The molecule has 0 radical (unpaired) electrons. The fourth-order valence-corrected chi connectivity index (χ4v) is 2.43. The molecule has 15 heavy (non-hydrogen) atoms. The molecular weight excluding hydrogens is 184 g/mol. The van der Waals surface area contributed by atoms with Crippen LogP contribution >= 0.6 is 0 Å². The van der Waals surface area contributed by atoms with E-state index >= 15 is 0 Å². The van der Waals surface area contributed by atoms with Crippen LogP contribution in [0.1, 0.15) is 31.7 Å². The number of nitrogens with one attached hydrogen (secondary N) is 1. The van der Waals surface area contributed by atoms with E-state index in [1.165, 1.54) is 24.8 Å². The molecule has 0 heterocycles. The zero-order valence-electron chi connectivity index (χ0n) is 9.59. The van der Waals surface area contributed by atoms with E-state index in [2.05, 4.69) is 25.2 Å². The number of anilines is 2. The van der Waals surface area contributed by atoms with Crippen molar-refractivity contribution in [1.29, 1.82) is 0 Å². The van der Waals surface area contributed by atoms with Gasteiger partial charge < -0.3 is 11.1 Å². The van der Waals surface area contributed by atoms with E-state index in [0.29, 0.717) is 6.04 Å². The molecule has 2 atom stereocenters. The number of nitrogen functional groups attached to an aromatic ring is 1. The van der Waals surface area contributed by atoms with Crippen molar-refractivity contribution in [3.63, 3.8) is 0 Å². The van der Waals surface area contributed by atoms with Crippen LogP contribution in [0, 0.1) is 12.8 Å². The molecule has 3 N–H and O–H groups in total. The van der Waals surface area contributed by atoms with Crippen LogP contribution in [0.5, 0.6) is 0 Å². The number of hydrogen-bond acceptors (Lipinski definition) is 2. The molecule has 0 bridgehead atoms. The lowest BCUT2D eigenvalue weighted by molar-refractivity contribution is 0.602. The summed E-state index contributed by atoms with van der Waals surface area (Å²) in [5.74, 6) is 0.854. The summed E-state index contributed by atoms with van der Waals surface area (Å²) in [6.07, 6.45) is 3.88. The Morgan fingerprint density at radius 1 is 1.33 bits per heavy atom. The third kappa shape index (κ3) is 2.25. The molecule has 1 aromatic rings. The van der Waals surface area contributed by atoms with E-state index in [1.807, 2.05) is 12.1 Å². The van der Waals surface area contributed by atoms with Crippen LogP contribution in [0.15, 0.2) is 18.2 Å². The van der Waals surface area contributed by atoms with E-state index in [4.69, 9.17) is 5.73 Å². The van der Waals surface area contributed by atoms with Gasteiger partial charge in [-0.25, -0.2) is 0 Å². The molecule has 1 saturated carbocycles. The molecule has 1 fully saturated rings. The van der Waals surface area contributed by atoms with Gasteiger partial charge in [-0.2, -0.15) is 0 Å². The van der Waals surface area contributed by atoms with Gasteiger partial charge in [0, 0.05) is 6.04 Å². The summed E-state index contributed by atoms with van der Waals surface area (Å²) in [5.41, 5.74) is 9.22. The van der Waals surface area contributed by atoms with Crippen LogP contribution in [-0.2, 0) is 0 Å². The zero-order valence-corrected chi connectivity index (χ0v) is 9.59. The van der Waals surface area contributed by atoms with Gasteiger partial charge in [-0.3, -0.25) is 0 Å². The number of nitrogens with two attached hydrogens (primary N) is 1. The standard InChI is InChI=1S/C13H20N2/c1-9-6-7-11(8-9)15-13-10(2)4-3-5-12(13)14/h3-5,9,11,15H,6-8,14H2,1-2H3. The Morgan fingerprint density at radius 2 is 2.13 bits per heavy atom. The third-order valence-corrected chi connectivity index (χ3v) is 3.35. The Balaban J connectivity index is 2.10. The van der Waals surface area contributed by atoms with Crippen molar-refractivity contribution in [2.24, 2.45) is 5.92 Å². The first-order chi connectivity index (χ1) is 7.16. The van der Waals surface area contributed by atoms with Gasteiger partial charge in [-0.15, -0.1) is 0 Å². The first-order valence-electron chi connectivity index (χ1n) is 5.78. The quantitative estimate of drug-likeness (QED) is 0.726. The predicted octanol–water partition coefficient (Wildman–Crippen LogP) is 3.18. The Morgan fingerprint density at radius 3 is 2.73 bits per heavy atom. The monoisotopic (exact) mass is 204 g/mol. The highest BCUT2D eigenvalue weighted by Crippen LogP contribution is 2.30. The summed E-state index contributed by atoms with van der Waals surface area (Å²) in [7, 11) is 0. The van der Waals surface area contributed by atoms with E-state index in [0.717, 1.165) is 17.3 Å². The van der Waals surface area contributed by atoms with Gasteiger partial charge in [-0.1, -0.05) is 19.1 Å². The highest BCUT2D eigenvalue weighted by atomic mass is 14.9. The van der Waals surface area contributed by atoms with E-state index in [9.17, 15) is 0 Å². The molecule has 0 aliphatic heterocycles. The molecule has 2 rings (SSSR count). The molecule has 2 unspecified atom stereocenters. The predicted molar refractivity (Wildman–Crippen MR) is 66.0 cm³/mol. The van der Waals surface area contributed by atoms with Gasteiger partial charge in [-0.05, 0) is 43.7 Å². The molecule has 0 saturated heterocycles. The second-order valence-corrected chi connectivity index (χ2v) is 4.80. The highest BCUT2D eigenvalue weighted by molar-refractivity contribution is 5.70. The molecule has 0 aromatic heterocycles. The summed E-state index contributed by atoms with van der Waals surface area (Å²) in [5, 5.41) is 3.58. The second kappa shape index (κ2) is 4.13. The maximum atomic E-state index is 5.97. The lowest BCUT2D eigenvalue weighted by Crippen LogP contribution is -2.17. The number of hydrogen-bond donors (Lipinski definition) is 2. The largest absolute Gasteiger partial charge is 0.397 e. The SMILES string of the molecule is Cc1cccc(N)c1NC1CCC(C)C1. The fourth-order valence-electron chi connectivity index (χ4n) is 2.43. The van der Waals surface area contributed by atoms with Crippen molar-refractivity contribution in [3.8, 4) is 0 Å². The maximum absolute atomic E-state index is 5.97. The third-order valence-electron chi connectivity index (χ3n) is 3.35. The molecular formula is C13H20N2. The Hall–Kier alpha value is -1.18. The Labute approximate surface area is 91.9 Å². The van der Waals surface area contributed by atoms with Crippen molar-refractivity contribution in [1.82, 2.24) is 0 Å². The van der Waals surface area contributed by atoms with Crippen molar-refractivity contribution in [3.05, 3.63) is 23.8 Å². The van der Waals surface area contributed by atoms with Crippen molar-refractivity contribution < 1.29 is 0 Å². The number of benzene rings is 1. The first kappa shape index (κ1) is 10.3. The van der Waals surface area contributed by atoms with Crippen LogP contribution in [0.2, 0.25) is 0 Å². The van der Waals surface area contributed by atoms with Crippen molar-refractivity contribution in [2.75, 3.05) is 11.1 Å². The smallest absolute Gasteiger partial charge is 0.0605 e. The molecule has 0 spiro atoms. The number of rotatable bonds is 2. The van der Waals surface area contributed by atoms with Gasteiger partial charge in [0.15, 0.2) is 0 Å². The topological polar surface area (TPSA) is 38.0 Å². The molecule has 2 heteroatoms. The molecule has 1 aliphatic carbocycles. The summed E-state index contributed by atoms with van der Waals surface area (Å²) in [4.78, 5) is 0. The van der Waals surface area contributed by atoms with Gasteiger partial charge in [0.1, 0.15) is 0 Å². The summed E-state index contributed by atoms with van der Waals surface area (Å²) >= 11 is 0. The lowest BCUT2D eigenvalue weighted by atomic mass is 10.1. The van der Waals surface area contributed by atoms with E-state index < -0.39 is 0 Å². The minimum absolute atomic E-state index is 0.614. The highest BCUT2D eigenvalue weighted by Gasteiger charge is 2.21. The average molecular weight is 204 g/mol. The molecule has 82 valence electrons. The minimum Gasteiger partial charge on any atom is -0.397 e. The van der Waals surface area contributed by atoms with Crippen LogP contribution in [-0.4, -0.2) is 6.04 Å². The van der Waals surface area contributed by atoms with Crippen LogP contribution < -0.4 is 11.1 Å². The lowest BCUT2D eigenvalue weighted by Gasteiger charge is -2.17. The summed E-state index contributed by atoms with van der Waals surface area (Å²) in [6, 6.07) is 6.70. The van der Waals surface area contributed by atoms with Crippen LogP contribution in [0.3, 0.4) is 0 Å². The zero-order chi connectivity index (χ0) is 10.8. The van der Waals surface area contributed by atoms with Gasteiger partial charge in [0.25, 0.3) is 0 Å². The second-order valence-electron chi connectivity index (χ2n) is 4.80. The molecule has 1 aliphatic rings. The Kier molecular flexibility index (Phi) is 2.85. The summed E-state index contributed by atoms with van der Waals surface area (Å²) < 4.78 is 0. The average Bonchev–Trinajstić information content (AvgIpc) is 2.58. The van der Waals surface area contributed by atoms with E-state index in [-0.39, 0.29) is 0 Å². The summed E-state index contributed by atoms with van der Waals surface area (Å²) in [6.45, 7) is 4.43. The first-order valence-corrected chi connectivity index (χ1v) is 5.78. The number of aryl methyl sites for hydroxylation is 1. The van der Waals surface area contributed by atoms with Crippen LogP contribution in [0.25, 0.3) is 0 Å². The van der Waals surface area contributed by atoms with Gasteiger partial charge >= 0.3 is 0 Å². The van der Waals surface area contributed by atoms with Crippen molar-refractivity contribution in [2.45, 2.75) is 39.2 Å². The Bertz CT molecular complexity index is 326.